The molecular formula is C30H39N5O5. The summed E-state index contributed by atoms with van der Waals surface area (Å²) >= 11 is 0. The molecule has 0 N–H and O–H groups in total. The maximum absolute atomic E-state index is 13.6. The van der Waals surface area contributed by atoms with Crippen LogP contribution in [-0.4, -0.2) is 99.7 Å². The van der Waals surface area contributed by atoms with Gasteiger partial charge in [0, 0.05) is 68.9 Å². The van der Waals surface area contributed by atoms with Crippen LogP contribution in [0.1, 0.15) is 73.6 Å². The van der Waals surface area contributed by atoms with Crippen LogP contribution in [0.25, 0.3) is 11.4 Å². The van der Waals surface area contributed by atoms with Gasteiger partial charge in [-0.1, -0.05) is 12.1 Å². The Kier molecular flexibility index (Phi) is 8.07. The fourth-order valence-electron chi connectivity index (χ4n) is 5.42. The lowest BCUT2D eigenvalue weighted by atomic mass is 10.0. The number of aromatic nitrogens is 2. The quantitative estimate of drug-likeness (QED) is 0.536. The van der Waals surface area contributed by atoms with Gasteiger partial charge < -0.3 is 24.2 Å². The third-order valence-corrected chi connectivity index (χ3v) is 7.74. The SMILES string of the molecule is CO[C@@H]1CCN(C(=O)c2ccc(-c3ncc(C(=O)N(C4CC4)C4CCN(C(=O)OC(C)(C)C)CC4)cn3)cc2)C1. The molecule has 0 bridgehead atoms. The standard InChI is InChI=1S/C30H39N5O5/c1-30(2,3)40-29(38)33-14-11-24(12-15-33)35(23-9-10-23)28(37)22-17-31-26(32-18-22)20-5-7-21(8-6-20)27(36)34-16-13-25(19-34)39-4/h5-8,17-18,23-25H,9-16,19H2,1-4H3/t25-/m1/s1. The second kappa shape index (κ2) is 11.5. The Balaban J connectivity index is 1.20. The van der Waals surface area contributed by atoms with Crippen LogP contribution >= 0.6 is 0 Å². The summed E-state index contributed by atoms with van der Waals surface area (Å²) in [5, 5.41) is 0. The van der Waals surface area contributed by atoms with Crippen LogP contribution in [0.4, 0.5) is 4.79 Å². The summed E-state index contributed by atoms with van der Waals surface area (Å²) in [6.45, 7) is 8.02. The van der Waals surface area contributed by atoms with E-state index in [-0.39, 0.29) is 36.1 Å². The van der Waals surface area contributed by atoms with Crippen LogP contribution in [0.2, 0.25) is 0 Å². The summed E-state index contributed by atoms with van der Waals surface area (Å²) in [5.74, 6) is 0.426. The molecule has 0 radical (unpaired) electrons. The van der Waals surface area contributed by atoms with Crippen molar-refractivity contribution in [2.24, 2.45) is 0 Å². The number of carbonyl (C=O) groups is 3. The van der Waals surface area contributed by atoms with E-state index >= 15 is 0 Å². The predicted molar refractivity (Wildman–Crippen MR) is 149 cm³/mol. The van der Waals surface area contributed by atoms with Crippen molar-refractivity contribution in [2.45, 2.75) is 76.7 Å². The number of carbonyl (C=O) groups excluding carboxylic acids is 3. The number of amides is 3. The van der Waals surface area contributed by atoms with Gasteiger partial charge in [0.1, 0.15) is 5.60 Å². The first-order valence-corrected chi connectivity index (χ1v) is 14.2. The molecule has 0 unspecified atom stereocenters. The fraction of sp³-hybridized carbons (Fsp3) is 0.567. The van der Waals surface area contributed by atoms with Gasteiger partial charge in [-0.05, 0) is 65.0 Å². The predicted octanol–water partition coefficient (Wildman–Crippen LogP) is 4.01. The Morgan fingerprint density at radius 1 is 0.850 bits per heavy atom. The topological polar surface area (TPSA) is 105 Å². The maximum Gasteiger partial charge on any atom is 0.410 e. The van der Waals surface area contributed by atoms with E-state index in [1.165, 1.54) is 0 Å². The molecule has 3 fully saturated rings. The zero-order valence-electron chi connectivity index (χ0n) is 23.8. The molecule has 2 aliphatic heterocycles. The Morgan fingerprint density at radius 3 is 2.00 bits per heavy atom. The van der Waals surface area contributed by atoms with E-state index in [0.29, 0.717) is 43.1 Å². The number of methoxy groups -OCH3 is 1. The molecule has 1 aromatic heterocycles. The van der Waals surface area contributed by atoms with Crippen LogP contribution < -0.4 is 0 Å². The number of ether oxygens (including phenoxy) is 2. The molecule has 10 nitrogen and oxygen atoms in total. The molecule has 2 aromatic rings. The summed E-state index contributed by atoms with van der Waals surface area (Å²) in [5.41, 5.74) is 1.32. The van der Waals surface area contributed by atoms with Gasteiger partial charge in [0.15, 0.2) is 5.82 Å². The van der Waals surface area contributed by atoms with Crippen molar-refractivity contribution in [1.29, 1.82) is 0 Å². The minimum atomic E-state index is -0.530. The van der Waals surface area contributed by atoms with E-state index in [1.54, 1.807) is 36.5 Å². The largest absolute Gasteiger partial charge is 0.444 e. The molecule has 3 amide bonds. The highest BCUT2D eigenvalue weighted by Gasteiger charge is 2.40. The van der Waals surface area contributed by atoms with E-state index in [4.69, 9.17) is 9.47 Å². The number of likely N-dealkylation sites (tertiary alicyclic amines) is 2. The highest BCUT2D eigenvalue weighted by molar-refractivity contribution is 5.95. The average Bonchev–Trinajstić information content (AvgIpc) is 3.66. The minimum Gasteiger partial charge on any atom is -0.444 e. The van der Waals surface area contributed by atoms with Gasteiger partial charge >= 0.3 is 6.09 Å². The van der Waals surface area contributed by atoms with Gasteiger partial charge in [-0.25, -0.2) is 14.8 Å². The van der Waals surface area contributed by atoms with Crippen LogP contribution in [0.5, 0.6) is 0 Å². The van der Waals surface area contributed by atoms with E-state index in [9.17, 15) is 14.4 Å². The highest BCUT2D eigenvalue weighted by atomic mass is 16.6. The van der Waals surface area contributed by atoms with Gasteiger partial charge in [-0.2, -0.15) is 0 Å². The van der Waals surface area contributed by atoms with Gasteiger partial charge in [0.05, 0.1) is 11.7 Å². The van der Waals surface area contributed by atoms with Crippen molar-refractivity contribution in [1.82, 2.24) is 24.7 Å². The van der Waals surface area contributed by atoms with Crippen molar-refractivity contribution in [2.75, 3.05) is 33.3 Å². The molecule has 1 saturated carbocycles. The van der Waals surface area contributed by atoms with Gasteiger partial charge in [0.2, 0.25) is 0 Å². The fourth-order valence-corrected chi connectivity index (χ4v) is 5.42. The molecule has 1 aliphatic carbocycles. The summed E-state index contributed by atoms with van der Waals surface area (Å²) in [7, 11) is 1.67. The van der Waals surface area contributed by atoms with Gasteiger partial charge in [-0.3, -0.25) is 9.59 Å². The lowest BCUT2D eigenvalue weighted by Gasteiger charge is -2.39. The van der Waals surface area contributed by atoms with Crippen molar-refractivity contribution in [3.63, 3.8) is 0 Å². The lowest BCUT2D eigenvalue weighted by Crippen LogP contribution is -2.50. The molecule has 2 saturated heterocycles. The molecule has 3 heterocycles. The van der Waals surface area contributed by atoms with Gasteiger partial charge in [0.25, 0.3) is 11.8 Å². The molecule has 5 rings (SSSR count). The number of rotatable bonds is 6. The molecule has 10 heteroatoms. The van der Waals surface area contributed by atoms with Crippen LogP contribution in [0, 0.1) is 0 Å². The smallest absolute Gasteiger partial charge is 0.410 e. The Bertz CT molecular complexity index is 1210. The maximum atomic E-state index is 13.6. The average molecular weight is 550 g/mol. The molecule has 214 valence electrons. The van der Waals surface area contributed by atoms with E-state index < -0.39 is 5.60 Å². The van der Waals surface area contributed by atoms with Gasteiger partial charge in [-0.15, -0.1) is 0 Å². The number of hydrogen-bond acceptors (Lipinski definition) is 7. The second-order valence-electron chi connectivity index (χ2n) is 11.9. The normalized spacial score (nSPS) is 19.9. The van der Waals surface area contributed by atoms with Crippen LogP contribution in [0.3, 0.4) is 0 Å². The second-order valence-corrected chi connectivity index (χ2v) is 11.9. The Morgan fingerprint density at radius 2 is 1.45 bits per heavy atom. The van der Waals surface area contributed by atoms with Crippen molar-refractivity contribution < 1.29 is 23.9 Å². The van der Waals surface area contributed by atoms with Crippen molar-refractivity contribution in [3.8, 4) is 11.4 Å². The highest BCUT2D eigenvalue weighted by Crippen LogP contribution is 2.33. The van der Waals surface area contributed by atoms with Crippen LogP contribution in [0.15, 0.2) is 36.7 Å². The number of nitrogens with zero attached hydrogens (tertiary/aromatic N) is 5. The molecular weight excluding hydrogens is 510 g/mol. The minimum absolute atomic E-state index is 0.00921. The van der Waals surface area contributed by atoms with E-state index in [2.05, 4.69) is 9.97 Å². The summed E-state index contributed by atoms with van der Waals surface area (Å²) in [6.07, 6.45) is 7.24. The summed E-state index contributed by atoms with van der Waals surface area (Å²) in [6, 6.07) is 7.55. The Hall–Kier alpha value is -3.53. The first-order chi connectivity index (χ1) is 19.1. The summed E-state index contributed by atoms with van der Waals surface area (Å²) in [4.78, 5) is 53.3. The van der Waals surface area contributed by atoms with E-state index in [0.717, 1.165) is 37.7 Å². The zero-order chi connectivity index (χ0) is 28.4. The third kappa shape index (κ3) is 6.43. The van der Waals surface area contributed by atoms with E-state index in [1.807, 2.05) is 42.7 Å². The number of hydrogen-bond donors (Lipinski definition) is 0. The first kappa shape index (κ1) is 28.0. The number of piperidine rings is 1. The molecule has 40 heavy (non-hydrogen) atoms. The molecule has 1 atom stereocenters. The lowest BCUT2D eigenvalue weighted by molar-refractivity contribution is 0.0142. The van der Waals surface area contributed by atoms with Crippen molar-refractivity contribution in [3.05, 3.63) is 47.8 Å². The Labute approximate surface area is 235 Å². The number of benzene rings is 1. The molecule has 3 aliphatic rings. The zero-order valence-corrected chi connectivity index (χ0v) is 23.8. The van der Waals surface area contributed by atoms with Crippen LogP contribution in [-0.2, 0) is 9.47 Å². The summed E-state index contributed by atoms with van der Waals surface area (Å²) < 4.78 is 10.9. The first-order valence-electron chi connectivity index (χ1n) is 14.2. The molecule has 0 spiro atoms. The van der Waals surface area contributed by atoms with Crippen molar-refractivity contribution >= 4 is 17.9 Å². The molecule has 1 aromatic carbocycles. The third-order valence-electron chi connectivity index (χ3n) is 7.74. The monoisotopic (exact) mass is 549 g/mol.